The molecule has 0 saturated heterocycles. The van der Waals surface area contributed by atoms with Gasteiger partial charge in [-0.3, -0.25) is 4.79 Å². The Labute approximate surface area is 106 Å². The van der Waals surface area contributed by atoms with Gasteiger partial charge in [0.15, 0.2) is 0 Å². The van der Waals surface area contributed by atoms with E-state index in [0.717, 1.165) is 9.75 Å². The zero-order valence-electron chi connectivity index (χ0n) is 10.2. The van der Waals surface area contributed by atoms with Crippen LogP contribution in [0, 0.1) is 6.92 Å². The monoisotopic (exact) mass is 245 g/mol. The quantitative estimate of drug-likeness (QED) is 0.794. The van der Waals surface area contributed by atoms with Crippen molar-refractivity contribution < 1.29 is 4.79 Å². The topological polar surface area (TPSA) is 20.3 Å². The fourth-order valence-corrected chi connectivity index (χ4v) is 2.58. The summed E-state index contributed by atoms with van der Waals surface area (Å²) in [6.45, 7) is 2.07. The molecule has 1 aromatic heterocycles. The molecule has 0 unspecified atom stereocenters. The highest BCUT2D eigenvalue weighted by atomic mass is 32.1. The zero-order valence-corrected chi connectivity index (χ0v) is 11.0. The van der Waals surface area contributed by atoms with Gasteiger partial charge in [0.25, 0.3) is 5.91 Å². The van der Waals surface area contributed by atoms with Crippen molar-refractivity contribution in [2.24, 2.45) is 0 Å². The van der Waals surface area contributed by atoms with Gasteiger partial charge in [0.05, 0.1) is 4.88 Å². The van der Waals surface area contributed by atoms with Crippen molar-refractivity contribution >= 4 is 17.2 Å². The molecule has 1 amide bonds. The number of carbonyl (C=O) groups excluding carboxylic acids is 1. The average molecular weight is 245 g/mol. The Morgan fingerprint density at radius 3 is 2.29 bits per heavy atom. The standard InChI is InChI=1S/C14H15NOS/c1-10-4-6-11(7-5-10)12-8-9-13(17-12)14(16)15(2)3/h4-9H,1-3H3. The van der Waals surface area contributed by atoms with Crippen molar-refractivity contribution in [3.63, 3.8) is 0 Å². The summed E-state index contributed by atoms with van der Waals surface area (Å²) in [5, 5.41) is 0. The maximum absolute atomic E-state index is 11.8. The van der Waals surface area contributed by atoms with Gasteiger partial charge in [-0.15, -0.1) is 11.3 Å². The highest BCUT2D eigenvalue weighted by Gasteiger charge is 2.11. The smallest absolute Gasteiger partial charge is 0.263 e. The predicted octanol–water partition coefficient (Wildman–Crippen LogP) is 3.43. The van der Waals surface area contributed by atoms with E-state index in [4.69, 9.17) is 0 Å². The van der Waals surface area contributed by atoms with Crippen molar-refractivity contribution in [2.75, 3.05) is 14.1 Å². The Balaban J connectivity index is 2.30. The van der Waals surface area contributed by atoms with E-state index in [1.807, 2.05) is 12.1 Å². The maximum atomic E-state index is 11.8. The third kappa shape index (κ3) is 2.56. The van der Waals surface area contributed by atoms with Crippen LogP contribution in [0.3, 0.4) is 0 Å². The molecule has 0 aliphatic rings. The van der Waals surface area contributed by atoms with Crippen molar-refractivity contribution in [3.8, 4) is 10.4 Å². The molecule has 0 aliphatic carbocycles. The molecule has 0 aliphatic heterocycles. The average Bonchev–Trinajstić information content (AvgIpc) is 2.78. The molecule has 1 heterocycles. The van der Waals surface area contributed by atoms with E-state index in [2.05, 4.69) is 31.2 Å². The van der Waals surface area contributed by atoms with Gasteiger partial charge in [0.1, 0.15) is 0 Å². The Hall–Kier alpha value is -1.61. The van der Waals surface area contributed by atoms with E-state index in [1.165, 1.54) is 22.5 Å². The van der Waals surface area contributed by atoms with Crippen LogP contribution in [0.4, 0.5) is 0 Å². The van der Waals surface area contributed by atoms with Crippen molar-refractivity contribution in [3.05, 3.63) is 46.8 Å². The minimum Gasteiger partial charge on any atom is -0.344 e. The van der Waals surface area contributed by atoms with E-state index < -0.39 is 0 Å². The molecule has 2 rings (SSSR count). The van der Waals surface area contributed by atoms with Gasteiger partial charge in [-0.05, 0) is 24.6 Å². The lowest BCUT2D eigenvalue weighted by molar-refractivity contribution is 0.0832. The second-order valence-corrected chi connectivity index (χ2v) is 5.31. The highest BCUT2D eigenvalue weighted by Crippen LogP contribution is 2.28. The van der Waals surface area contributed by atoms with Crippen LogP contribution in [-0.4, -0.2) is 24.9 Å². The lowest BCUT2D eigenvalue weighted by Crippen LogP contribution is -2.20. The van der Waals surface area contributed by atoms with Gasteiger partial charge in [-0.2, -0.15) is 0 Å². The zero-order chi connectivity index (χ0) is 12.4. The van der Waals surface area contributed by atoms with Crippen LogP contribution in [-0.2, 0) is 0 Å². The second-order valence-electron chi connectivity index (χ2n) is 4.23. The van der Waals surface area contributed by atoms with Crippen LogP contribution >= 0.6 is 11.3 Å². The molecule has 2 aromatic rings. The third-order valence-corrected chi connectivity index (χ3v) is 3.68. The molecule has 88 valence electrons. The summed E-state index contributed by atoms with van der Waals surface area (Å²) in [5.74, 6) is 0.0633. The third-order valence-electron chi connectivity index (χ3n) is 2.56. The molecule has 0 bridgehead atoms. The summed E-state index contributed by atoms with van der Waals surface area (Å²) < 4.78 is 0. The SMILES string of the molecule is Cc1ccc(-c2ccc(C(=O)N(C)C)s2)cc1. The molecular formula is C14H15NOS. The summed E-state index contributed by atoms with van der Waals surface area (Å²) >= 11 is 1.54. The van der Waals surface area contributed by atoms with Gasteiger partial charge in [0, 0.05) is 19.0 Å². The number of aryl methyl sites for hydroxylation is 1. The number of carbonyl (C=O) groups is 1. The van der Waals surface area contributed by atoms with Crippen LogP contribution in [0.5, 0.6) is 0 Å². The van der Waals surface area contributed by atoms with E-state index >= 15 is 0 Å². The van der Waals surface area contributed by atoms with E-state index in [1.54, 1.807) is 19.0 Å². The Kier molecular flexibility index (Phi) is 3.29. The molecule has 0 fully saturated rings. The number of hydrogen-bond donors (Lipinski definition) is 0. The first-order valence-corrected chi connectivity index (χ1v) is 6.28. The fourth-order valence-electron chi connectivity index (χ4n) is 1.55. The van der Waals surface area contributed by atoms with Crippen molar-refractivity contribution in [1.82, 2.24) is 4.90 Å². The molecule has 1 aromatic carbocycles. The number of thiophene rings is 1. The van der Waals surface area contributed by atoms with E-state index in [9.17, 15) is 4.79 Å². The molecule has 0 saturated carbocycles. The van der Waals surface area contributed by atoms with E-state index in [-0.39, 0.29) is 5.91 Å². The van der Waals surface area contributed by atoms with Crippen LogP contribution in [0.1, 0.15) is 15.2 Å². The summed E-state index contributed by atoms with van der Waals surface area (Å²) in [5.41, 5.74) is 2.41. The molecule has 0 N–H and O–H groups in total. The molecule has 3 heteroatoms. The van der Waals surface area contributed by atoms with Gasteiger partial charge in [-0.1, -0.05) is 29.8 Å². The Bertz CT molecular complexity index is 525. The largest absolute Gasteiger partial charge is 0.344 e. The maximum Gasteiger partial charge on any atom is 0.263 e. The van der Waals surface area contributed by atoms with Crippen LogP contribution in [0.2, 0.25) is 0 Å². The number of nitrogens with zero attached hydrogens (tertiary/aromatic N) is 1. The lowest BCUT2D eigenvalue weighted by atomic mass is 10.1. The first kappa shape index (κ1) is 11.9. The molecule has 2 nitrogen and oxygen atoms in total. The Morgan fingerprint density at radius 1 is 1.06 bits per heavy atom. The second kappa shape index (κ2) is 4.72. The molecule has 0 radical (unpaired) electrons. The van der Waals surface area contributed by atoms with Gasteiger partial charge < -0.3 is 4.90 Å². The van der Waals surface area contributed by atoms with Crippen molar-refractivity contribution in [1.29, 1.82) is 0 Å². The fraction of sp³-hybridized carbons (Fsp3) is 0.214. The molecule has 0 spiro atoms. The van der Waals surface area contributed by atoms with Crippen LogP contribution in [0.25, 0.3) is 10.4 Å². The predicted molar refractivity (Wildman–Crippen MR) is 72.5 cm³/mol. The van der Waals surface area contributed by atoms with Crippen LogP contribution < -0.4 is 0 Å². The summed E-state index contributed by atoms with van der Waals surface area (Å²) in [6.07, 6.45) is 0. The Morgan fingerprint density at radius 2 is 1.71 bits per heavy atom. The van der Waals surface area contributed by atoms with E-state index in [0.29, 0.717) is 0 Å². The summed E-state index contributed by atoms with van der Waals surface area (Å²) in [6, 6.07) is 12.2. The highest BCUT2D eigenvalue weighted by molar-refractivity contribution is 7.17. The number of benzene rings is 1. The number of hydrogen-bond acceptors (Lipinski definition) is 2. The first-order chi connectivity index (χ1) is 8.08. The molecule has 17 heavy (non-hydrogen) atoms. The summed E-state index contributed by atoms with van der Waals surface area (Å²) in [4.78, 5) is 15.3. The number of rotatable bonds is 2. The van der Waals surface area contributed by atoms with Gasteiger partial charge in [-0.25, -0.2) is 0 Å². The lowest BCUT2D eigenvalue weighted by Gasteiger charge is -2.07. The molecular weight excluding hydrogens is 230 g/mol. The molecule has 0 atom stereocenters. The number of amides is 1. The van der Waals surface area contributed by atoms with Crippen molar-refractivity contribution in [2.45, 2.75) is 6.92 Å². The first-order valence-electron chi connectivity index (χ1n) is 5.46. The van der Waals surface area contributed by atoms with Gasteiger partial charge >= 0.3 is 0 Å². The normalized spacial score (nSPS) is 10.3. The summed E-state index contributed by atoms with van der Waals surface area (Å²) in [7, 11) is 3.54. The van der Waals surface area contributed by atoms with Crippen LogP contribution in [0.15, 0.2) is 36.4 Å². The van der Waals surface area contributed by atoms with Gasteiger partial charge in [0.2, 0.25) is 0 Å². The minimum absolute atomic E-state index is 0.0633. The minimum atomic E-state index is 0.0633.